The van der Waals surface area contributed by atoms with Gasteiger partial charge in [-0.3, -0.25) is 0 Å². The van der Waals surface area contributed by atoms with Crippen LogP contribution < -0.4 is 19.6 Å². The summed E-state index contributed by atoms with van der Waals surface area (Å²) in [4.78, 5) is 9.95. The van der Waals surface area contributed by atoms with Gasteiger partial charge in [-0.25, -0.2) is 0 Å². The molecule has 0 aliphatic carbocycles. The van der Waals surface area contributed by atoms with E-state index in [4.69, 9.17) is 0 Å². The quantitative estimate of drug-likeness (QED) is 0.236. The van der Waals surface area contributed by atoms with Crippen molar-refractivity contribution in [1.82, 2.24) is 0 Å². The van der Waals surface area contributed by atoms with Crippen molar-refractivity contribution >= 4 is 34.1 Å². The summed E-state index contributed by atoms with van der Waals surface area (Å²) in [6.07, 6.45) is 2.32. The van der Waals surface area contributed by atoms with Gasteiger partial charge >= 0.3 is 0 Å². The molecular weight excluding hydrogens is 464 g/mol. The molecule has 6 rings (SSSR count). The normalized spacial score (nSPS) is 14.7. The second kappa shape index (κ2) is 10.1. The molecule has 38 heavy (non-hydrogen) atoms. The number of unbranched alkanes of at least 4 members (excludes halogenated alkanes) is 1. The molecule has 0 fully saturated rings. The maximum Gasteiger partial charge on any atom is 0.0953 e. The standard InChI is InChI=1S/C34H38N4/c1-34(2,3)27-19-21-29(22-20-27)38-26-36(31-16-8-10-18-33(31)38)24-12-11-23-35-25-37(28-13-5-4-6-14-28)32-17-9-7-15-30(32)35/h4-10,13-22H,11-12,23-26H2,1-3H3. The van der Waals surface area contributed by atoms with Crippen molar-refractivity contribution in [3.8, 4) is 0 Å². The summed E-state index contributed by atoms with van der Waals surface area (Å²) in [6, 6.07) is 37.5. The number of rotatable bonds is 7. The van der Waals surface area contributed by atoms with Crippen LogP contribution in [0.2, 0.25) is 0 Å². The van der Waals surface area contributed by atoms with Gasteiger partial charge in [0.25, 0.3) is 0 Å². The summed E-state index contributed by atoms with van der Waals surface area (Å²) in [7, 11) is 0. The van der Waals surface area contributed by atoms with Crippen LogP contribution in [0.15, 0.2) is 103 Å². The van der Waals surface area contributed by atoms with E-state index in [1.807, 2.05) is 0 Å². The minimum absolute atomic E-state index is 0.168. The average Bonchev–Trinajstić information content (AvgIpc) is 3.50. The van der Waals surface area contributed by atoms with Crippen molar-refractivity contribution in [3.63, 3.8) is 0 Å². The number of anilines is 6. The largest absolute Gasteiger partial charge is 0.352 e. The smallest absolute Gasteiger partial charge is 0.0953 e. The second-order valence-corrected chi connectivity index (χ2v) is 11.5. The first-order chi connectivity index (χ1) is 18.5. The third-order valence-electron chi connectivity index (χ3n) is 7.87. The SMILES string of the molecule is CC(C)(C)c1ccc(N2CN(CCCCN3CN(c4ccccc4)c4ccccc43)c3ccccc32)cc1. The molecule has 2 heterocycles. The van der Waals surface area contributed by atoms with Gasteiger partial charge in [-0.1, -0.05) is 75.4 Å². The molecule has 4 aromatic rings. The molecule has 0 saturated carbocycles. The van der Waals surface area contributed by atoms with Crippen LogP contribution in [0.25, 0.3) is 0 Å². The van der Waals surface area contributed by atoms with Gasteiger partial charge in [-0.2, -0.15) is 0 Å². The predicted molar refractivity (Wildman–Crippen MR) is 162 cm³/mol. The molecule has 0 aromatic heterocycles. The maximum atomic E-state index is 2.54. The van der Waals surface area contributed by atoms with E-state index in [0.717, 1.165) is 39.3 Å². The molecule has 194 valence electrons. The van der Waals surface area contributed by atoms with E-state index in [2.05, 4.69) is 143 Å². The third kappa shape index (κ3) is 4.71. The number of nitrogens with zero attached hydrogens (tertiary/aromatic N) is 4. The van der Waals surface area contributed by atoms with Crippen molar-refractivity contribution in [2.24, 2.45) is 0 Å². The van der Waals surface area contributed by atoms with E-state index in [9.17, 15) is 0 Å². The van der Waals surface area contributed by atoms with Crippen LogP contribution in [0.1, 0.15) is 39.2 Å². The first-order valence-corrected chi connectivity index (χ1v) is 13.9. The number of fused-ring (bicyclic) bond motifs is 2. The van der Waals surface area contributed by atoms with Crippen molar-refractivity contribution < 1.29 is 0 Å². The average molecular weight is 503 g/mol. The molecule has 2 aliphatic rings. The first kappa shape index (κ1) is 24.4. The molecule has 0 unspecified atom stereocenters. The van der Waals surface area contributed by atoms with E-state index < -0.39 is 0 Å². The Bertz CT molecular complexity index is 1370. The highest BCUT2D eigenvalue weighted by atomic mass is 15.4. The lowest BCUT2D eigenvalue weighted by molar-refractivity contribution is 0.590. The monoisotopic (exact) mass is 502 g/mol. The van der Waals surface area contributed by atoms with Crippen LogP contribution in [0, 0.1) is 0 Å². The number of para-hydroxylation sites is 5. The van der Waals surface area contributed by atoms with Crippen molar-refractivity contribution in [3.05, 3.63) is 109 Å². The minimum Gasteiger partial charge on any atom is -0.352 e. The molecular formula is C34H38N4. The Morgan fingerprint density at radius 2 is 0.921 bits per heavy atom. The molecule has 0 amide bonds. The van der Waals surface area contributed by atoms with Crippen LogP contribution in [0.3, 0.4) is 0 Å². The fourth-order valence-electron chi connectivity index (χ4n) is 5.74. The lowest BCUT2D eigenvalue weighted by atomic mass is 9.87. The molecule has 2 aliphatic heterocycles. The van der Waals surface area contributed by atoms with Gasteiger partial charge in [0, 0.05) is 24.5 Å². The van der Waals surface area contributed by atoms with Gasteiger partial charge in [0.05, 0.1) is 36.1 Å². The van der Waals surface area contributed by atoms with Gasteiger partial charge in [0.2, 0.25) is 0 Å². The van der Waals surface area contributed by atoms with E-state index in [1.54, 1.807) is 0 Å². The van der Waals surface area contributed by atoms with Crippen molar-refractivity contribution in [2.45, 2.75) is 39.0 Å². The fraction of sp³-hybridized carbons (Fsp3) is 0.294. The van der Waals surface area contributed by atoms with E-state index in [0.29, 0.717) is 0 Å². The number of benzene rings is 4. The van der Waals surface area contributed by atoms with Crippen LogP contribution in [-0.4, -0.2) is 26.4 Å². The molecule has 4 nitrogen and oxygen atoms in total. The summed E-state index contributed by atoms with van der Waals surface area (Å²) < 4.78 is 0. The zero-order chi connectivity index (χ0) is 26.1. The molecule has 0 atom stereocenters. The van der Waals surface area contributed by atoms with Gasteiger partial charge in [-0.15, -0.1) is 0 Å². The summed E-state index contributed by atoms with van der Waals surface area (Å²) in [5.41, 5.74) is 9.36. The summed E-state index contributed by atoms with van der Waals surface area (Å²) >= 11 is 0. The van der Waals surface area contributed by atoms with Crippen molar-refractivity contribution in [1.29, 1.82) is 0 Å². The highest BCUT2D eigenvalue weighted by Crippen LogP contribution is 2.42. The molecule has 4 aromatic carbocycles. The topological polar surface area (TPSA) is 13.0 Å². The first-order valence-electron chi connectivity index (χ1n) is 13.9. The summed E-state index contributed by atoms with van der Waals surface area (Å²) in [6.45, 7) is 10.8. The zero-order valence-electron chi connectivity index (χ0n) is 22.8. The highest BCUT2D eigenvalue weighted by molar-refractivity contribution is 5.83. The summed E-state index contributed by atoms with van der Waals surface area (Å²) in [5.74, 6) is 0. The van der Waals surface area contributed by atoms with Crippen LogP contribution in [0.5, 0.6) is 0 Å². The second-order valence-electron chi connectivity index (χ2n) is 11.5. The van der Waals surface area contributed by atoms with Gasteiger partial charge in [-0.05, 0) is 72.4 Å². The van der Waals surface area contributed by atoms with Gasteiger partial charge < -0.3 is 19.6 Å². The summed E-state index contributed by atoms with van der Waals surface area (Å²) in [5, 5.41) is 0. The molecule has 0 spiro atoms. The Morgan fingerprint density at radius 1 is 0.500 bits per heavy atom. The van der Waals surface area contributed by atoms with E-state index in [1.165, 1.54) is 39.7 Å². The Morgan fingerprint density at radius 3 is 1.39 bits per heavy atom. The minimum atomic E-state index is 0.168. The van der Waals surface area contributed by atoms with E-state index >= 15 is 0 Å². The van der Waals surface area contributed by atoms with Crippen molar-refractivity contribution in [2.75, 3.05) is 46.0 Å². The molecule has 0 bridgehead atoms. The fourth-order valence-corrected chi connectivity index (χ4v) is 5.74. The Hall–Kier alpha value is -3.92. The lowest BCUT2D eigenvalue weighted by Crippen LogP contribution is -2.31. The van der Waals surface area contributed by atoms with E-state index in [-0.39, 0.29) is 5.41 Å². The number of hydrogen-bond acceptors (Lipinski definition) is 4. The molecule has 0 saturated heterocycles. The van der Waals surface area contributed by atoms with Gasteiger partial charge in [0.15, 0.2) is 0 Å². The molecule has 0 N–H and O–H groups in total. The molecule has 4 heteroatoms. The number of hydrogen-bond donors (Lipinski definition) is 0. The highest BCUT2D eigenvalue weighted by Gasteiger charge is 2.28. The van der Waals surface area contributed by atoms with Gasteiger partial charge in [0.1, 0.15) is 0 Å². The van der Waals surface area contributed by atoms with Crippen LogP contribution >= 0.6 is 0 Å². The molecule has 0 radical (unpaired) electrons. The zero-order valence-corrected chi connectivity index (χ0v) is 22.8. The third-order valence-corrected chi connectivity index (χ3v) is 7.87. The maximum absolute atomic E-state index is 2.54. The lowest BCUT2D eigenvalue weighted by Gasteiger charge is -2.24. The predicted octanol–water partition coefficient (Wildman–Crippen LogP) is 8.30. The van der Waals surface area contributed by atoms with Crippen LogP contribution in [-0.2, 0) is 5.41 Å². The Kier molecular flexibility index (Phi) is 6.49. The Labute approximate surface area is 227 Å². The Balaban J connectivity index is 1.10. The van der Waals surface area contributed by atoms with Crippen LogP contribution in [0.4, 0.5) is 34.1 Å².